The Hall–Kier alpha value is -1.45. The van der Waals surface area contributed by atoms with E-state index in [0.29, 0.717) is 51.4 Å². The molecule has 3 rings (SSSR count). The first-order valence-corrected chi connectivity index (χ1v) is 9.65. The molecule has 0 N–H and O–H groups in total. The Morgan fingerprint density at radius 3 is 2.54 bits per heavy atom. The number of amides is 1. The van der Waals surface area contributed by atoms with E-state index in [4.69, 9.17) is 9.26 Å². The molecular weight excluding hydrogens is 334 g/mol. The van der Waals surface area contributed by atoms with Crippen molar-refractivity contribution in [1.82, 2.24) is 14.4 Å². The Labute approximate surface area is 141 Å². The van der Waals surface area contributed by atoms with Crippen LogP contribution in [-0.4, -0.2) is 68.1 Å². The predicted molar refractivity (Wildman–Crippen MR) is 84.9 cm³/mol. The molecule has 0 aromatic carbocycles. The summed E-state index contributed by atoms with van der Waals surface area (Å²) in [6, 6.07) is 0. The van der Waals surface area contributed by atoms with Crippen LogP contribution in [-0.2, 0) is 19.6 Å². The van der Waals surface area contributed by atoms with Gasteiger partial charge in [0.1, 0.15) is 10.6 Å². The van der Waals surface area contributed by atoms with Gasteiger partial charge >= 0.3 is 0 Å². The zero-order valence-electron chi connectivity index (χ0n) is 14.0. The Morgan fingerprint density at radius 1 is 1.21 bits per heavy atom. The van der Waals surface area contributed by atoms with Gasteiger partial charge in [0.05, 0.1) is 19.1 Å². The summed E-state index contributed by atoms with van der Waals surface area (Å²) in [5, 5.41) is 3.73. The topological polar surface area (TPSA) is 93.0 Å². The van der Waals surface area contributed by atoms with Gasteiger partial charge in [0.25, 0.3) is 0 Å². The number of aryl methyl sites for hydroxylation is 2. The summed E-state index contributed by atoms with van der Waals surface area (Å²) in [6.45, 7) is 6.07. The minimum absolute atomic E-state index is 0.0250. The van der Waals surface area contributed by atoms with Gasteiger partial charge in [-0.3, -0.25) is 4.79 Å². The third kappa shape index (κ3) is 3.20. The second-order valence-corrected chi connectivity index (χ2v) is 8.17. The molecule has 1 aromatic rings. The van der Waals surface area contributed by atoms with Gasteiger partial charge in [0, 0.05) is 26.2 Å². The molecule has 0 spiro atoms. The Morgan fingerprint density at radius 2 is 1.92 bits per heavy atom. The SMILES string of the molecule is Cc1noc(C)c1S(=O)(=O)N1CCCC(C(=O)N2CCOCC2)C1. The van der Waals surface area contributed by atoms with Crippen molar-refractivity contribution in [3.63, 3.8) is 0 Å². The van der Waals surface area contributed by atoms with Crippen molar-refractivity contribution in [2.24, 2.45) is 5.92 Å². The normalized spacial score (nSPS) is 23.4. The molecule has 2 fully saturated rings. The minimum Gasteiger partial charge on any atom is -0.378 e. The molecule has 0 radical (unpaired) electrons. The van der Waals surface area contributed by atoms with Gasteiger partial charge in [0.2, 0.25) is 15.9 Å². The summed E-state index contributed by atoms with van der Waals surface area (Å²) < 4.78 is 37.5. The number of nitrogens with zero attached hydrogens (tertiary/aromatic N) is 3. The highest BCUT2D eigenvalue weighted by molar-refractivity contribution is 7.89. The molecule has 1 unspecified atom stereocenters. The molecule has 134 valence electrons. The number of sulfonamides is 1. The van der Waals surface area contributed by atoms with Gasteiger partial charge in [-0.05, 0) is 26.7 Å². The van der Waals surface area contributed by atoms with E-state index in [-0.39, 0.29) is 29.0 Å². The average Bonchev–Trinajstić information content (AvgIpc) is 2.94. The molecule has 0 aliphatic carbocycles. The van der Waals surface area contributed by atoms with Gasteiger partial charge in [-0.25, -0.2) is 8.42 Å². The highest BCUT2D eigenvalue weighted by atomic mass is 32.2. The highest BCUT2D eigenvalue weighted by Crippen LogP contribution is 2.28. The number of piperidine rings is 1. The van der Waals surface area contributed by atoms with Gasteiger partial charge < -0.3 is 14.2 Å². The van der Waals surface area contributed by atoms with Crippen molar-refractivity contribution in [3.8, 4) is 0 Å². The predicted octanol–water partition coefficient (Wildman–Crippen LogP) is 0.551. The van der Waals surface area contributed by atoms with Crippen LogP contribution in [0, 0.1) is 19.8 Å². The van der Waals surface area contributed by atoms with E-state index in [1.165, 1.54) is 4.31 Å². The fourth-order valence-corrected chi connectivity index (χ4v) is 5.19. The third-order valence-electron chi connectivity index (χ3n) is 4.62. The van der Waals surface area contributed by atoms with Crippen LogP contribution in [0.15, 0.2) is 9.42 Å². The molecule has 0 bridgehead atoms. The molecule has 1 aromatic heterocycles. The zero-order valence-corrected chi connectivity index (χ0v) is 14.8. The molecule has 2 aliphatic heterocycles. The molecule has 3 heterocycles. The highest BCUT2D eigenvalue weighted by Gasteiger charge is 2.37. The maximum absolute atomic E-state index is 12.9. The van der Waals surface area contributed by atoms with Crippen LogP contribution in [0.5, 0.6) is 0 Å². The van der Waals surface area contributed by atoms with Crippen LogP contribution in [0.4, 0.5) is 0 Å². The second-order valence-electron chi connectivity index (χ2n) is 6.29. The van der Waals surface area contributed by atoms with Crippen molar-refractivity contribution in [3.05, 3.63) is 11.5 Å². The largest absolute Gasteiger partial charge is 0.378 e. The van der Waals surface area contributed by atoms with Crippen LogP contribution < -0.4 is 0 Å². The van der Waals surface area contributed by atoms with Crippen LogP contribution in [0.1, 0.15) is 24.3 Å². The summed E-state index contributed by atoms with van der Waals surface area (Å²) in [7, 11) is -3.70. The van der Waals surface area contributed by atoms with Crippen molar-refractivity contribution in [1.29, 1.82) is 0 Å². The van der Waals surface area contributed by atoms with Crippen LogP contribution in [0.25, 0.3) is 0 Å². The summed E-state index contributed by atoms with van der Waals surface area (Å²) in [5.74, 6) is 0.0122. The van der Waals surface area contributed by atoms with Gasteiger partial charge in [-0.2, -0.15) is 4.31 Å². The van der Waals surface area contributed by atoms with Crippen molar-refractivity contribution in [2.45, 2.75) is 31.6 Å². The lowest BCUT2D eigenvalue weighted by Crippen LogP contribution is -2.49. The lowest BCUT2D eigenvalue weighted by molar-refractivity contribution is -0.140. The summed E-state index contributed by atoms with van der Waals surface area (Å²) in [5.41, 5.74) is 0.356. The fourth-order valence-electron chi connectivity index (χ4n) is 3.38. The van der Waals surface area contributed by atoms with Gasteiger partial charge in [0.15, 0.2) is 5.76 Å². The van der Waals surface area contributed by atoms with Crippen LogP contribution in [0.3, 0.4) is 0 Å². The molecule has 2 saturated heterocycles. The third-order valence-corrected chi connectivity index (χ3v) is 6.73. The Balaban J connectivity index is 1.76. The molecule has 1 atom stereocenters. The maximum Gasteiger partial charge on any atom is 0.248 e. The molecule has 1 amide bonds. The molecule has 2 aliphatic rings. The molecular formula is C15H23N3O5S. The lowest BCUT2D eigenvalue weighted by Gasteiger charge is -2.35. The van der Waals surface area contributed by atoms with E-state index < -0.39 is 10.0 Å². The van der Waals surface area contributed by atoms with E-state index in [1.54, 1.807) is 18.7 Å². The quantitative estimate of drug-likeness (QED) is 0.784. The summed E-state index contributed by atoms with van der Waals surface area (Å²) in [4.78, 5) is 14.6. The van der Waals surface area contributed by atoms with Crippen molar-refractivity contribution >= 4 is 15.9 Å². The molecule has 24 heavy (non-hydrogen) atoms. The number of hydrogen-bond donors (Lipinski definition) is 0. The van der Waals surface area contributed by atoms with Crippen LogP contribution >= 0.6 is 0 Å². The smallest absolute Gasteiger partial charge is 0.248 e. The molecule has 8 nitrogen and oxygen atoms in total. The van der Waals surface area contributed by atoms with Gasteiger partial charge in [-0.15, -0.1) is 0 Å². The van der Waals surface area contributed by atoms with Crippen molar-refractivity contribution in [2.75, 3.05) is 39.4 Å². The minimum atomic E-state index is -3.70. The lowest BCUT2D eigenvalue weighted by atomic mass is 9.98. The number of hydrogen-bond acceptors (Lipinski definition) is 6. The van der Waals surface area contributed by atoms with E-state index in [1.807, 2.05) is 0 Å². The number of morpholine rings is 1. The van der Waals surface area contributed by atoms with Gasteiger partial charge in [-0.1, -0.05) is 5.16 Å². The first kappa shape index (κ1) is 17.4. The number of ether oxygens (including phenoxy) is 1. The zero-order chi connectivity index (χ0) is 17.3. The number of carbonyl (C=O) groups excluding carboxylic acids is 1. The Bertz CT molecular complexity index is 689. The van der Waals surface area contributed by atoms with Crippen LogP contribution in [0.2, 0.25) is 0 Å². The summed E-state index contributed by atoms with van der Waals surface area (Å²) in [6.07, 6.45) is 1.38. The summed E-state index contributed by atoms with van der Waals surface area (Å²) >= 11 is 0. The van der Waals surface area contributed by atoms with E-state index in [2.05, 4.69) is 5.16 Å². The molecule has 9 heteroatoms. The maximum atomic E-state index is 12.9. The van der Waals surface area contributed by atoms with E-state index in [9.17, 15) is 13.2 Å². The standard InChI is InChI=1S/C15H23N3O5S/c1-11-14(12(2)23-16-11)24(20,21)18-5-3-4-13(10-18)15(19)17-6-8-22-9-7-17/h13H,3-10H2,1-2H3. The molecule has 0 saturated carbocycles. The fraction of sp³-hybridized carbons (Fsp3) is 0.733. The number of rotatable bonds is 3. The monoisotopic (exact) mass is 357 g/mol. The van der Waals surface area contributed by atoms with E-state index in [0.717, 1.165) is 0 Å². The van der Waals surface area contributed by atoms with Crippen molar-refractivity contribution < 1.29 is 22.5 Å². The second kappa shape index (κ2) is 6.81. The number of aromatic nitrogens is 1. The Kier molecular flexibility index (Phi) is 4.93. The van der Waals surface area contributed by atoms with E-state index >= 15 is 0 Å². The first-order valence-electron chi connectivity index (χ1n) is 8.21. The number of carbonyl (C=O) groups is 1. The average molecular weight is 357 g/mol. The first-order chi connectivity index (χ1) is 11.4.